The van der Waals surface area contributed by atoms with Crippen LogP contribution in [0.1, 0.15) is 5.56 Å². The van der Waals surface area contributed by atoms with Crippen LogP contribution in [0, 0.1) is 10.1 Å². The van der Waals surface area contributed by atoms with E-state index in [0.29, 0.717) is 19.0 Å². The predicted molar refractivity (Wildman–Crippen MR) is 90.1 cm³/mol. The Labute approximate surface area is 140 Å². The molecule has 0 aromatic heterocycles. The van der Waals surface area contributed by atoms with Crippen LogP contribution < -0.4 is 4.74 Å². The lowest BCUT2D eigenvalue weighted by Crippen LogP contribution is -2.44. The van der Waals surface area contributed by atoms with Gasteiger partial charge in [0.1, 0.15) is 18.5 Å². The summed E-state index contributed by atoms with van der Waals surface area (Å²) in [6.07, 6.45) is -0.00217. The topological polar surface area (TPSA) is 64.8 Å². The van der Waals surface area contributed by atoms with Crippen molar-refractivity contribution in [3.63, 3.8) is 0 Å². The minimum Gasteiger partial charge on any atom is -0.491 e. The molecule has 1 aliphatic heterocycles. The number of hydrogen-bond donors (Lipinski definition) is 0. The Kier molecular flexibility index (Phi) is 5.40. The molecule has 6 nitrogen and oxygen atoms in total. The summed E-state index contributed by atoms with van der Waals surface area (Å²) in [5, 5.41) is 10.6. The van der Waals surface area contributed by atoms with Gasteiger partial charge < -0.3 is 9.47 Å². The fourth-order valence-corrected chi connectivity index (χ4v) is 2.72. The summed E-state index contributed by atoms with van der Waals surface area (Å²) in [5.74, 6) is 0.615. The number of morpholine rings is 1. The molecule has 6 heteroatoms. The van der Waals surface area contributed by atoms with Crippen LogP contribution >= 0.6 is 0 Å². The van der Waals surface area contributed by atoms with E-state index in [-0.39, 0.29) is 11.8 Å². The van der Waals surface area contributed by atoms with Crippen LogP contribution in [0.15, 0.2) is 54.6 Å². The second kappa shape index (κ2) is 7.90. The first-order chi connectivity index (χ1) is 11.7. The monoisotopic (exact) mass is 328 g/mol. The smallest absolute Gasteiger partial charge is 0.269 e. The van der Waals surface area contributed by atoms with Gasteiger partial charge in [0, 0.05) is 31.8 Å². The molecule has 0 bridgehead atoms. The molecule has 126 valence electrons. The number of benzene rings is 2. The van der Waals surface area contributed by atoms with Crippen LogP contribution in [-0.2, 0) is 11.3 Å². The summed E-state index contributed by atoms with van der Waals surface area (Å²) in [4.78, 5) is 12.6. The quantitative estimate of drug-likeness (QED) is 0.602. The second-order valence-electron chi connectivity index (χ2n) is 5.78. The molecular weight excluding hydrogens is 308 g/mol. The van der Waals surface area contributed by atoms with Crippen LogP contribution in [0.4, 0.5) is 5.69 Å². The van der Waals surface area contributed by atoms with E-state index in [1.165, 1.54) is 17.7 Å². The van der Waals surface area contributed by atoms with Gasteiger partial charge in [-0.05, 0) is 17.7 Å². The van der Waals surface area contributed by atoms with Crippen molar-refractivity contribution in [3.05, 3.63) is 70.3 Å². The Morgan fingerprint density at radius 3 is 2.62 bits per heavy atom. The van der Waals surface area contributed by atoms with Gasteiger partial charge in [0.2, 0.25) is 0 Å². The van der Waals surface area contributed by atoms with E-state index < -0.39 is 4.92 Å². The number of nitrogens with zero attached hydrogens (tertiary/aromatic N) is 2. The van der Waals surface area contributed by atoms with E-state index in [0.717, 1.165) is 19.6 Å². The van der Waals surface area contributed by atoms with Gasteiger partial charge >= 0.3 is 0 Å². The Bertz CT molecular complexity index is 660. The first-order valence-electron chi connectivity index (χ1n) is 7.96. The molecule has 3 rings (SSSR count). The molecule has 0 radical (unpaired) electrons. The maximum atomic E-state index is 10.6. The number of rotatable bonds is 6. The van der Waals surface area contributed by atoms with Gasteiger partial charge in [-0.2, -0.15) is 0 Å². The molecule has 1 atom stereocenters. The average Bonchev–Trinajstić information content (AvgIpc) is 2.61. The Morgan fingerprint density at radius 1 is 1.17 bits per heavy atom. The van der Waals surface area contributed by atoms with Crippen molar-refractivity contribution in [3.8, 4) is 5.75 Å². The van der Waals surface area contributed by atoms with E-state index in [9.17, 15) is 10.1 Å². The largest absolute Gasteiger partial charge is 0.491 e. The lowest BCUT2D eigenvalue weighted by atomic mass is 10.2. The van der Waals surface area contributed by atoms with Crippen molar-refractivity contribution in [1.82, 2.24) is 4.90 Å². The van der Waals surface area contributed by atoms with Crippen LogP contribution in [0.5, 0.6) is 5.75 Å². The fraction of sp³-hybridized carbons (Fsp3) is 0.333. The first kappa shape index (κ1) is 16.4. The maximum absolute atomic E-state index is 10.6. The van der Waals surface area contributed by atoms with Gasteiger partial charge in [-0.1, -0.05) is 30.3 Å². The van der Waals surface area contributed by atoms with Crippen LogP contribution in [0.3, 0.4) is 0 Å². The zero-order valence-corrected chi connectivity index (χ0v) is 13.3. The average molecular weight is 328 g/mol. The molecule has 0 saturated carbocycles. The zero-order chi connectivity index (χ0) is 16.8. The molecule has 0 aliphatic carbocycles. The highest BCUT2D eigenvalue weighted by Crippen LogP contribution is 2.18. The standard InChI is InChI=1S/C18H20N2O4/c21-20(22)16-6-8-17(9-7-16)24-14-18-13-19(10-11-23-18)12-15-4-2-1-3-5-15/h1-9,18H,10-14H2/t18-/m0/s1. The van der Waals surface area contributed by atoms with Gasteiger partial charge in [0.25, 0.3) is 5.69 Å². The highest BCUT2D eigenvalue weighted by atomic mass is 16.6. The molecule has 24 heavy (non-hydrogen) atoms. The van der Waals surface area contributed by atoms with Gasteiger partial charge in [-0.15, -0.1) is 0 Å². The third-order valence-corrected chi connectivity index (χ3v) is 3.96. The van der Waals surface area contributed by atoms with Crippen LogP contribution in [0.25, 0.3) is 0 Å². The zero-order valence-electron chi connectivity index (χ0n) is 13.3. The van der Waals surface area contributed by atoms with E-state index >= 15 is 0 Å². The lowest BCUT2D eigenvalue weighted by Gasteiger charge is -2.32. The molecule has 1 saturated heterocycles. The summed E-state index contributed by atoms with van der Waals surface area (Å²) < 4.78 is 11.5. The minimum absolute atomic E-state index is 0.00217. The van der Waals surface area contributed by atoms with E-state index in [1.54, 1.807) is 12.1 Å². The number of nitro benzene ring substituents is 1. The van der Waals surface area contributed by atoms with E-state index in [1.807, 2.05) is 18.2 Å². The summed E-state index contributed by atoms with van der Waals surface area (Å²) >= 11 is 0. The lowest BCUT2D eigenvalue weighted by molar-refractivity contribution is -0.384. The van der Waals surface area contributed by atoms with Crippen molar-refractivity contribution < 1.29 is 14.4 Å². The van der Waals surface area contributed by atoms with Gasteiger partial charge in [0.05, 0.1) is 11.5 Å². The van der Waals surface area contributed by atoms with Crippen LogP contribution in [-0.4, -0.2) is 42.2 Å². The molecule has 1 aliphatic rings. The molecule has 0 spiro atoms. The molecule has 0 amide bonds. The van der Waals surface area contributed by atoms with E-state index in [2.05, 4.69) is 17.0 Å². The predicted octanol–water partition coefficient (Wildman–Crippen LogP) is 2.87. The van der Waals surface area contributed by atoms with Crippen molar-refractivity contribution in [2.75, 3.05) is 26.3 Å². The third kappa shape index (κ3) is 4.53. The highest BCUT2D eigenvalue weighted by molar-refractivity contribution is 5.35. The second-order valence-corrected chi connectivity index (χ2v) is 5.78. The van der Waals surface area contributed by atoms with Crippen molar-refractivity contribution in [1.29, 1.82) is 0 Å². The van der Waals surface area contributed by atoms with Crippen LogP contribution in [0.2, 0.25) is 0 Å². The number of ether oxygens (including phenoxy) is 2. The molecule has 0 unspecified atom stereocenters. The SMILES string of the molecule is O=[N+]([O-])c1ccc(OC[C@@H]2CN(Cc3ccccc3)CCO2)cc1. The van der Waals surface area contributed by atoms with Crippen molar-refractivity contribution in [2.45, 2.75) is 12.6 Å². The molecule has 2 aromatic carbocycles. The summed E-state index contributed by atoms with van der Waals surface area (Å²) in [7, 11) is 0. The highest BCUT2D eigenvalue weighted by Gasteiger charge is 2.21. The van der Waals surface area contributed by atoms with Crippen molar-refractivity contribution in [2.24, 2.45) is 0 Å². The Morgan fingerprint density at radius 2 is 1.92 bits per heavy atom. The Hall–Kier alpha value is -2.44. The molecule has 1 heterocycles. The molecular formula is C18H20N2O4. The summed E-state index contributed by atoms with van der Waals surface area (Å²) in [6.45, 7) is 3.73. The van der Waals surface area contributed by atoms with Gasteiger partial charge in [-0.25, -0.2) is 0 Å². The maximum Gasteiger partial charge on any atom is 0.269 e. The fourth-order valence-electron chi connectivity index (χ4n) is 2.72. The summed E-state index contributed by atoms with van der Waals surface area (Å²) in [6, 6.07) is 16.5. The molecule has 2 aromatic rings. The summed E-state index contributed by atoms with van der Waals surface area (Å²) in [5.41, 5.74) is 1.35. The Balaban J connectivity index is 1.49. The number of nitro groups is 1. The minimum atomic E-state index is -0.421. The molecule has 1 fully saturated rings. The number of non-ortho nitro benzene ring substituents is 1. The van der Waals surface area contributed by atoms with Gasteiger partial charge in [-0.3, -0.25) is 15.0 Å². The molecule has 0 N–H and O–H groups in total. The number of hydrogen-bond acceptors (Lipinski definition) is 5. The first-order valence-corrected chi connectivity index (χ1v) is 7.96. The third-order valence-electron chi connectivity index (χ3n) is 3.96. The normalized spacial score (nSPS) is 18.2. The van der Waals surface area contributed by atoms with Gasteiger partial charge in [0.15, 0.2) is 0 Å². The van der Waals surface area contributed by atoms with E-state index in [4.69, 9.17) is 9.47 Å². The van der Waals surface area contributed by atoms with Crippen molar-refractivity contribution >= 4 is 5.69 Å².